The third-order valence-corrected chi connectivity index (χ3v) is 4.07. The van der Waals surface area contributed by atoms with Crippen molar-refractivity contribution in [1.29, 1.82) is 0 Å². The third-order valence-electron chi connectivity index (χ3n) is 3.87. The Morgan fingerprint density at radius 2 is 1.95 bits per heavy atom. The Morgan fingerprint density at radius 1 is 1.25 bits per heavy atom. The van der Waals surface area contributed by atoms with Crippen molar-refractivity contribution in [3.8, 4) is 0 Å². The van der Waals surface area contributed by atoms with Crippen molar-refractivity contribution in [2.24, 2.45) is 5.73 Å². The van der Waals surface area contributed by atoms with E-state index in [1.165, 1.54) is 32.4 Å². The van der Waals surface area contributed by atoms with Gasteiger partial charge in [-0.1, -0.05) is 18.6 Å². The second-order valence-corrected chi connectivity index (χ2v) is 5.77. The summed E-state index contributed by atoms with van der Waals surface area (Å²) in [7, 11) is 0. The second kappa shape index (κ2) is 6.95. The molecular weight excluding hydrogens is 270 g/mol. The highest BCUT2D eigenvalue weighted by atomic mass is 32.1. The molecule has 2 heterocycles. The molecule has 0 aromatic carbocycles. The molecule has 1 saturated heterocycles. The lowest BCUT2D eigenvalue weighted by molar-refractivity contribution is 0.237. The standard InChI is InChI=1S/C14H23N5S/c1-10-11(2)17-18-14(12(10)13(15)20)16-6-9-19-7-4-3-5-8-19/h3-9H2,1-2H3,(H2,15,20)(H,16,18). The fourth-order valence-corrected chi connectivity index (χ4v) is 2.80. The topological polar surface area (TPSA) is 67.1 Å². The molecule has 20 heavy (non-hydrogen) atoms. The maximum Gasteiger partial charge on any atom is 0.159 e. The van der Waals surface area contributed by atoms with E-state index in [1.807, 2.05) is 13.8 Å². The first-order valence-corrected chi connectivity index (χ1v) is 7.60. The van der Waals surface area contributed by atoms with Crippen LogP contribution in [0.1, 0.15) is 36.1 Å². The molecule has 5 nitrogen and oxygen atoms in total. The number of nitrogens with one attached hydrogen (secondary N) is 1. The van der Waals surface area contributed by atoms with Crippen LogP contribution in [0.5, 0.6) is 0 Å². The van der Waals surface area contributed by atoms with E-state index >= 15 is 0 Å². The van der Waals surface area contributed by atoms with Gasteiger partial charge in [0.25, 0.3) is 0 Å². The van der Waals surface area contributed by atoms with E-state index in [0.29, 0.717) is 10.8 Å². The van der Waals surface area contributed by atoms with Crippen LogP contribution in [-0.2, 0) is 0 Å². The van der Waals surface area contributed by atoms with Crippen molar-refractivity contribution >= 4 is 23.0 Å². The zero-order valence-corrected chi connectivity index (χ0v) is 13.1. The van der Waals surface area contributed by atoms with Gasteiger partial charge in [0.15, 0.2) is 5.82 Å². The zero-order valence-electron chi connectivity index (χ0n) is 12.3. The molecule has 0 spiro atoms. The maximum atomic E-state index is 5.81. The minimum Gasteiger partial charge on any atom is -0.389 e. The van der Waals surface area contributed by atoms with Crippen LogP contribution in [0.25, 0.3) is 0 Å². The summed E-state index contributed by atoms with van der Waals surface area (Å²) in [4.78, 5) is 2.85. The molecule has 0 saturated carbocycles. The number of aryl methyl sites for hydroxylation is 1. The van der Waals surface area contributed by atoms with Gasteiger partial charge in [0.05, 0.1) is 11.3 Å². The predicted octanol–water partition coefficient (Wildman–Crippen LogP) is 1.63. The molecule has 0 unspecified atom stereocenters. The number of likely N-dealkylation sites (tertiary alicyclic amines) is 1. The molecule has 3 N–H and O–H groups in total. The van der Waals surface area contributed by atoms with Gasteiger partial charge >= 0.3 is 0 Å². The molecule has 0 amide bonds. The molecule has 1 aromatic rings. The Morgan fingerprint density at radius 3 is 2.60 bits per heavy atom. The van der Waals surface area contributed by atoms with Crippen LogP contribution in [0.3, 0.4) is 0 Å². The summed E-state index contributed by atoms with van der Waals surface area (Å²) < 4.78 is 0. The summed E-state index contributed by atoms with van der Waals surface area (Å²) in [5.74, 6) is 0.706. The van der Waals surface area contributed by atoms with Crippen molar-refractivity contribution in [1.82, 2.24) is 15.1 Å². The van der Waals surface area contributed by atoms with Crippen molar-refractivity contribution in [3.05, 3.63) is 16.8 Å². The molecule has 1 aromatic heterocycles. The summed E-state index contributed by atoms with van der Waals surface area (Å²) in [5, 5.41) is 11.7. The van der Waals surface area contributed by atoms with E-state index in [9.17, 15) is 0 Å². The highest BCUT2D eigenvalue weighted by Gasteiger charge is 2.14. The average molecular weight is 293 g/mol. The van der Waals surface area contributed by atoms with Gasteiger partial charge in [-0.15, -0.1) is 5.10 Å². The molecule has 6 heteroatoms. The Balaban J connectivity index is 1.98. The van der Waals surface area contributed by atoms with Crippen molar-refractivity contribution < 1.29 is 0 Å². The minimum absolute atomic E-state index is 0.376. The van der Waals surface area contributed by atoms with Gasteiger partial charge in [-0.05, 0) is 45.3 Å². The van der Waals surface area contributed by atoms with Gasteiger partial charge in [0.2, 0.25) is 0 Å². The highest BCUT2D eigenvalue weighted by Crippen LogP contribution is 2.18. The van der Waals surface area contributed by atoms with Gasteiger partial charge in [0, 0.05) is 13.1 Å². The largest absolute Gasteiger partial charge is 0.389 e. The van der Waals surface area contributed by atoms with Crippen LogP contribution in [0, 0.1) is 13.8 Å². The van der Waals surface area contributed by atoms with E-state index in [2.05, 4.69) is 20.4 Å². The predicted molar refractivity (Wildman–Crippen MR) is 86.2 cm³/mol. The van der Waals surface area contributed by atoms with Crippen LogP contribution in [0.15, 0.2) is 0 Å². The molecule has 110 valence electrons. The van der Waals surface area contributed by atoms with Crippen LogP contribution in [0.2, 0.25) is 0 Å². The Bertz CT molecular complexity index is 483. The van der Waals surface area contributed by atoms with E-state index < -0.39 is 0 Å². The molecule has 2 rings (SSSR count). The summed E-state index contributed by atoms with van der Waals surface area (Å²) >= 11 is 5.13. The van der Waals surface area contributed by atoms with E-state index in [0.717, 1.165) is 29.9 Å². The number of anilines is 1. The summed E-state index contributed by atoms with van der Waals surface area (Å²) in [6, 6.07) is 0. The fraction of sp³-hybridized carbons (Fsp3) is 0.643. The first-order valence-electron chi connectivity index (χ1n) is 7.19. The SMILES string of the molecule is Cc1nnc(NCCN2CCCCC2)c(C(N)=S)c1C. The molecule has 0 radical (unpaired) electrons. The average Bonchev–Trinajstić information content (AvgIpc) is 2.43. The zero-order chi connectivity index (χ0) is 14.5. The van der Waals surface area contributed by atoms with Gasteiger partial charge < -0.3 is 16.0 Å². The number of nitrogens with zero attached hydrogens (tertiary/aromatic N) is 3. The number of rotatable bonds is 5. The third kappa shape index (κ3) is 3.64. The fourth-order valence-electron chi connectivity index (χ4n) is 2.55. The molecule has 0 aliphatic carbocycles. The van der Waals surface area contributed by atoms with Gasteiger partial charge in [0.1, 0.15) is 4.99 Å². The maximum absolute atomic E-state index is 5.81. The summed E-state index contributed by atoms with van der Waals surface area (Å²) in [6.07, 6.45) is 3.97. The first-order chi connectivity index (χ1) is 9.59. The van der Waals surface area contributed by atoms with Gasteiger partial charge in [-0.3, -0.25) is 0 Å². The lowest BCUT2D eigenvalue weighted by atomic mass is 10.1. The molecule has 1 fully saturated rings. The monoisotopic (exact) mass is 293 g/mol. The first kappa shape index (κ1) is 15.1. The summed E-state index contributed by atoms with van der Waals surface area (Å²) in [6.45, 7) is 8.15. The van der Waals surface area contributed by atoms with E-state index in [4.69, 9.17) is 18.0 Å². The molecule has 1 aliphatic rings. The molecule has 0 bridgehead atoms. The number of nitrogens with two attached hydrogens (primary N) is 1. The Labute approximate surface area is 125 Å². The lowest BCUT2D eigenvalue weighted by Crippen LogP contribution is -2.34. The number of hydrogen-bond acceptors (Lipinski definition) is 5. The summed E-state index contributed by atoms with van der Waals surface area (Å²) in [5.41, 5.74) is 8.51. The molecular formula is C14H23N5S. The molecule has 1 aliphatic heterocycles. The van der Waals surface area contributed by atoms with Gasteiger partial charge in [-0.25, -0.2) is 0 Å². The van der Waals surface area contributed by atoms with Crippen molar-refractivity contribution in [3.63, 3.8) is 0 Å². The minimum atomic E-state index is 0.376. The number of aromatic nitrogens is 2. The smallest absolute Gasteiger partial charge is 0.159 e. The number of thiocarbonyl (C=S) groups is 1. The normalized spacial score (nSPS) is 16.1. The van der Waals surface area contributed by atoms with Gasteiger partial charge in [-0.2, -0.15) is 5.10 Å². The van der Waals surface area contributed by atoms with Crippen molar-refractivity contribution in [2.75, 3.05) is 31.5 Å². The van der Waals surface area contributed by atoms with Crippen LogP contribution in [-0.4, -0.2) is 46.3 Å². The number of piperidine rings is 1. The van der Waals surface area contributed by atoms with Crippen molar-refractivity contribution in [2.45, 2.75) is 33.1 Å². The second-order valence-electron chi connectivity index (χ2n) is 5.33. The van der Waals surface area contributed by atoms with E-state index in [-0.39, 0.29) is 0 Å². The van der Waals surface area contributed by atoms with Crippen LogP contribution in [0.4, 0.5) is 5.82 Å². The van der Waals surface area contributed by atoms with Crippen LogP contribution >= 0.6 is 12.2 Å². The molecule has 0 atom stereocenters. The Kier molecular flexibility index (Phi) is 5.25. The number of hydrogen-bond donors (Lipinski definition) is 2. The highest BCUT2D eigenvalue weighted by molar-refractivity contribution is 7.80. The lowest BCUT2D eigenvalue weighted by Gasteiger charge is -2.26. The van der Waals surface area contributed by atoms with E-state index in [1.54, 1.807) is 0 Å². The van der Waals surface area contributed by atoms with Crippen LogP contribution < -0.4 is 11.1 Å². The Hall–Kier alpha value is -1.27. The quantitative estimate of drug-likeness (QED) is 0.804.